The zero-order chi connectivity index (χ0) is 18.5. The summed E-state index contributed by atoms with van der Waals surface area (Å²) < 4.78 is 13.1. The van der Waals surface area contributed by atoms with Crippen molar-refractivity contribution in [2.75, 3.05) is 40.8 Å². The van der Waals surface area contributed by atoms with Crippen LogP contribution < -0.4 is 10.6 Å². The number of hydrogen-bond donors (Lipinski definition) is 2. The van der Waals surface area contributed by atoms with Gasteiger partial charge in [-0.25, -0.2) is 4.39 Å². The molecule has 1 rings (SSSR count). The molecule has 0 spiro atoms. The summed E-state index contributed by atoms with van der Waals surface area (Å²) in [5.41, 5.74) is 2.17. The molecule has 0 aliphatic heterocycles. The summed E-state index contributed by atoms with van der Waals surface area (Å²) in [4.78, 5) is 6.49. The van der Waals surface area contributed by atoms with Crippen LogP contribution in [0.3, 0.4) is 0 Å². The van der Waals surface area contributed by atoms with Gasteiger partial charge in [0.2, 0.25) is 0 Å². The number of unbranched alkanes of at least 4 members (excludes halogenated alkanes) is 4. The zero-order valence-corrected chi connectivity index (χ0v) is 16.4. The fourth-order valence-electron chi connectivity index (χ4n) is 2.77. The van der Waals surface area contributed by atoms with Gasteiger partial charge in [-0.15, -0.1) is 0 Å². The first-order valence-corrected chi connectivity index (χ1v) is 9.37. The Labute approximate surface area is 152 Å². The second-order valence-corrected chi connectivity index (χ2v) is 6.82. The SMILES string of the molecule is CN=C(NCCCCCCCN(C)C)NCCc1ccc(F)cc1C. The average Bonchev–Trinajstić information content (AvgIpc) is 2.57. The Hall–Kier alpha value is -1.62. The predicted octanol–water partition coefficient (Wildman–Crippen LogP) is 3.35. The molecular formula is C20H35FN4. The Balaban J connectivity index is 2.10. The Bertz CT molecular complexity index is 514. The van der Waals surface area contributed by atoms with Crippen LogP contribution in [-0.4, -0.2) is 51.6 Å². The molecule has 0 aliphatic rings. The fourth-order valence-corrected chi connectivity index (χ4v) is 2.77. The number of hydrogen-bond acceptors (Lipinski definition) is 2. The van der Waals surface area contributed by atoms with Crippen LogP contribution in [0.5, 0.6) is 0 Å². The maximum atomic E-state index is 13.1. The summed E-state index contributed by atoms with van der Waals surface area (Å²) >= 11 is 0. The average molecular weight is 351 g/mol. The highest BCUT2D eigenvalue weighted by molar-refractivity contribution is 5.79. The van der Waals surface area contributed by atoms with Gasteiger partial charge < -0.3 is 15.5 Å². The van der Waals surface area contributed by atoms with E-state index in [1.54, 1.807) is 13.1 Å². The molecule has 1 aromatic carbocycles. The van der Waals surface area contributed by atoms with Crippen molar-refractivity contribution in [1.82, 2.24) is 15.5 Å². The number of nitrogens with one attached hydrogen (secondary N) is 2. The van der Waals surface area contributed by atoms with Crippen LogP contribution in [-0.2, 0) is 6.42 Å². The minimum atomic E-state index is -0.173. The van der Waals surface area contributed by atoms with Crippen molar-refractivity contribution in [1.29, 1.82) is 0 Å². The third-order valence-electron chi connectivity index (χ3n) is 4.29. The molecule has 0 aromatic heterocycles. The van der Waals surface area contributed by atoms with E-state index in [0.29, 0.717) is 0 Å². The minimum Gasteiger partial charge on any atom is -0.356 e. The zero-order valence-electron chi connectivity index (χ0n) is 16.4. The van der Waals surface area contributed by atoms with E-state index in [2.05, 4.69) is 34.6 Å². The largest absolute Gasteiger partial charge is 0.356 e. The first-order valence-electron chi connectivity index (χ1n) is 9.37. The minimum absolute atomic E-state index is 0.173. The van der Waals surface area contributed by atoms with Crippen LogP contribution in [0.25, 0.3) is 0 Å². The number of rotatable bonds is 11. The molecule has 0 amide bonds. The lowest BCUT2D eigenvalue weighted by Crippen LogP contribution is -2.38. The molecule has 0 saturated heterocycles. The molecule has 0 saturated carbocycles. The van der Waals surface area contributed by atoms with E-state index in [1.807, 2.05) is 13.0 Å². The van der Waals surface area contributed by atoms with E-state index < -0.39 is 0 Å². The maximum Gasteiger partial charge on any atom is 0.190 e. The van der Waals surface area contributed by atoms with Crippen LogP contribution in [0.4, 0.5) is 4.39 Å². The monoisotopic (exact) mass is 350 g/mol. The maximum absolute atomic E-state index is 13.1. The Morgan fingerprint density at radius 3 is 2.40 bits per heavy atom. The summed E-state index contributed by atoms with van der Waals surface area (Å²) in [6, 6.07) is 4.97. The smallest absolute Gasteiger partial charge is 0.190 e. The molecule has 0 atom stereocenters. The quantitative estimate of drug-likeness (QED) is 0.365. The van der Waals surface area contributed by atoms with Crippen molar-refractivity contribution in [2.45, 2.75) is 45.4 Å². The lowest BCUT2D eigenvalue weighted by molar-refractivity contribution is 0.389. The third-order valence-corrected chi connectivity index (χ3v) is 4.29. The highest BCUT2D eigenvalue weighted by atomic mass is 19.1. The summed E-state index contributed by atoms with van der Waals surface area (Å²) in [7, 11) is 6.04. The van der Waals surface area contributed by atoms with E-state index in [0.717, 1.165) is 31.0 Å². The predicted molar refractivity (Wildman–Crippen MR) is 106 cm³/mol. The summed E-state index contributed by atoms with van der Waals surface area (Å²) in [5.74, 6) is 0.667. The van der Waals surface area contributed by atoms with Crippen molar-refractivity contribution < 1.29 is 4.39 Å². The first-order chi connectivity index (χ1) is 12.0. The molecule has 0 aliphatic carbocycles. The van der Waals surface area contributed by atoms with Gasteiger partial charge in [-0.1, -0.05) is 25.3 Å². The van der Waals surface area contributed by atoms with Gasteiger partial charge in [0.15, 0.2) is 5.96 Å². The van der Waals surface area contributed by atoms with Crippen LogP contribution in [0.1, 0.15) is 43.2 Å². The van der Waals surface area contributed by atoms with Crippen LogP contribution >= 0.6 is 0 Å². The van der Waals surface area contributed by atoms with Crippen molar-refractivity contribution >= 4 is 5.96 Å². The highest BCUT2D eigenvalue weighted by Gasteiger charge is 2.02. The second kappa shape index (κ2) is 12.7. The summed E-state index contributed by atoms with van der Waals surface area (Å²) in [6.45, 7) is 4.87. The normalized spacial score (nSPS) is 11.8. The summed E-state index contributed by atoms with van der Waals surface area (Å²) in [6.07, 6.45) is 7.17. The van der Waals surface area contributed by atoms with Crippen molar-refractivity contribution in [3.63, 3.8) is 0 Å². The Morgan fingerprint density at radius 1 is 1.04 bits per heavy atom. The topological polar surface area (TPSA) is 39.7 Å². The molecule has 0 radical (unpaired) electrons. The first kappa shape index (κ1) is 21.4. The van der Waals surface area contributed by atoms with Crippen molar-refractivity contribution in [2.24, 2.45) is 4.99 Å². The number of aryl methyl sites for hydroxylation is 1. The third kappa shape index (κ3) is 10.1. The van der Waals surface area contributed by atoms with E-state index in [-0.39, 0.29) is 5.82 Å². The van der Waals surface area contributed by atoms with E-state index in [4.69, 9.17) is 0 Å². The molecular weight excluding hydrogens is 315 g/mol. The van der Waals surface area contributed by atoms with Gasteiger partial charge in [0, 0.05) is 20.1 Å². The van der Waals surface area contributed by atoms with Gasteiger partial charge >= 0.3 is 0 Å². The van der Waals surface area contributed by atoms with Gasteiger partial charge in [0.25, 0.3) is 0 Å². The van der Waals surface area contributed by atoms with Crippen LogP contribution in [0.2, 0.25) is 0 Å². The number of benzene rings is 1. The number of aliphatic imine (C=N–C) groups is 1. The Morgan fingerprint density at radius 2 is 1.72 bits per heavy atom. The van der Waals surface area contributed by atoms with Gasteiger partial charge in [-0.05, 0) is 70.1 Å². The Kier molecular flexibility index (Phi) is 10.9. The van der Waals surface area contributed by atoms with Crippen LogP contribution in [0.15, 0.2) is 23.2 Å². The van der Waals surface area contributed by atoms with E-state index in [1.165, 1.54) is 50.3 Å². The lowest BCUT2D eigenvalue weighted by atomic mass is 10.1. The lowest BCUT2D eigenvalue weighted by Gasteiger charge is -2.13. The molecule has 5 heteroatoms. The number of guanidine groups is 1. The number of nitrogens with zero attached hydrogens (tertiary/aromatic N) is 2. The summed E-state index contributed by atoms with van der Waals surface area (Å²) in [5, 5.41) is 6.68. The molecule has 0 fully saturated rings. The molecule has 1 aromatic rings. The van der Waals surface area contributed by atoms with Gasteiger partial charge in [0.05, 0.1) is 0 Å². The molecule has 2 N–H and O–H groups in total. The molecule has 25 heavy (non-hydrogen) atoms. The van der Waals surface area contributed by atoms with Crippen molar-refractivity contribution in [3.8, 4) is 0 Å². The second-order valence-electron chi connectivity index (χ2n) is 6.82. The molecule has 0 heterocycles. The molecule has 4 nitrogen and oxygen atoms in total. The molecule has 142 valence electrons. The molecule has 0 bridgehead atoms. The van der Waals surface area contributed by atoms with Gasteiger partial charge in [0.1, 0.15) is 5.82 Å². The van der Waals surface area contributed by atoms with E-state index >= 15 is 0 Å². The number of halogens is 1. The van der Waals surface area contributed by atoms with Gasteiger partial charge in [-0.3, -0.25) is 4.99 Å². The fraction of sp³-hybridized carbons (Fsp3) is 0.650. The van der Waals surface area contributed by atoms with Gasteiger partial charge in [-0.2, -0.15) is 0 Å². The highest BCUT2D eigenvalue weighted by Crippen LogP contribution is 2.10. The standard InChI is InChI=1S/C20H35FN4/c1-17-16-19(21)11-10-18(17)12-14-24-20(22-2)23-13-8-6-5-7-9-15-25(3)4/h10-11,16H,5-9,12-15H2,1-4H3,(H2,22,23,24). The van der Waals surface area contributed by atoms with Crippen LogP contribution in [0, 0.1) is 12.7 Å². The van der Waals surface area contributed by atoms with E-state index in [9.17, 15) is 4.39 Å². The molecule has 0 unspecified atom stereocenters. The van der Waals surface area contributed by atoms with Crippen molar-refractivity contribution in [3.05, 3.63) is 35.1 Å².